The molecule has 1 aromatic heterocycles. The average molecular weight is 222 g/mol. The highest BCUT2D eigenvalue weighted by atomic mass is 32.2. The largest absolute Gasteiger partial charge is 0.507 e. The van der Waals surface area contributed by atoms with Crippen molar-refractivity contribution in [2.45, 2.75) is 4.90 Å². The van der Waals surface area contributed by atoms with E-state index in [1.165, 1.54) is 11.8 Å². The zero-order valence-corrected chi connectivity index (χ0v) is 8.91. The van der Waals surface area contributed by atoms with E-state index in [1.807, 2.05) is 18.4 Å². The number of aromatic hydroxyl groups is 1. The number of benzene rings is 1. The molecule has 5 heteroatoms. The van der Waals surface area contributed by atoms with E-state index in [1.54, 1.807) is 12.1 Å². The number of nitrogens with zero attached hydrogens (tertiary/aromatic N) is 1. The SMILES string of the molecule is CSc1ccc(-c2cc(N)on2)cc1O. The number of rotatable bonds is 2. The standard InChI is InChI=1S/C10H10N2O2S/c1-15-9-3-2-6(4-8(9)13)7-5-10(11)14-12-7/h2-5,13H,11H2,1H3. The Bertz CT molecular complexity index is 482. The van der Waals surface area contributed by atoms with Gasteiger partial charge in [0.15, 0.2) is 0 Å². The van der Waals surface area contributed by atoms with Gasteiger partial charge in [0.05, 0.1) is 0 Å². The monoisotopic (exact) mass is 222 g/mol. The molecule has 78 valence electrons. The number of nitrogens with two attached hydrogens (primary N) is 1. The van der Waals surface area contributed by atoms with E-state index in [4.69, 9.17) is 10.3 Å². The van der Waals surface area contributed by atoms with Crippen LogP contribution in [0, 0.1) is 0 Å². The highest BCUT2D eigenvalue weighted by Gasteiger charge is 2.07. The van der Waals surface area contributed by atoms with Crippen molar-refractivity contribution < 1.29 is 9.63 Å². The Hall–Kier alpha value is -1.62. The minimum atomic E-state index is 0.238. The normalized spacial score (nSPS) is 10.5. The minimum absolute atomic E-state index is 0.238. The van der Waals surface area contributed by atoms with Crippen LogP contribution in [0.4, 0.5) is 5.88 Å². The zero-order chi connectivity index (χ0) is 10.8. The molecular weight excluding hydrogens is 212 g/mol. The molecular formula is C10H10N2O2S. The molecule has 0 atom stereocenters. The van der Waals surface area contributed by atoms with Crippen molar-refractivity contribution in [3.63, 3.8) is 0 Å². The maximum absolute atomic E-state index is 9.65. The topological polar surface area (TPSA) is 72.3 Å². The Balaban J connectivity index is 2.42. The Kier molecular flexibility index (Phi) is 2.55. The Morgan fingerprint density at radius 1 is 1.40 bits per heavy atom. The Morgan fingerprint density at radius 2 is 2.20 bits per heavy atom. The van der Waals surface area contributed by atoms with Crippen molar-refractivity contribution in [1.29, 1.82) is 0 Å². The molecule has 2 aromatic rings. The summed E-state index contributed by atoms with van der Waals surface area (Å²) in [6.45, 7) is 0. The van der Waals surface area contributed by atoms with Gasteiger partial charge >= 0.3 is 0 Å². The molecule has 1 heterocycles. The van der Waals surface area contributed by atoms with Gasteiger partial charge in [0.1, 0.15) is 11.4 Å². The summed E-state index contributed by atoms with van der Waals surface area (Å²) >= 11 is 1.49. The van der Waals surface area contributed by atoms with E-state index >= 15 is 0 Å². The van der Waals surface area contributed by atoms with Gasteiger partial charge in [-0.2, -0.15) is 0 Å². The van der Waals surface area contributed by atoms with Crippen LogP contribution in [0.15, 0.2) is 33.7 Å². The fourth-order valence-corrected chi connectivity index (χ4v) is 1.75. The van der Waals surface area contributed by atoms with E-state index in [-0.39, 0.29) is 11.6 Å². The van der Waals surface area contributed by atoms with Crippen LogP contribution in [0.25, 0.3) is 11.3 Å². The first-order valence-electron chi connectivity index (χ1n) is 4.30. The molecule has 0 unspecified atom stereocenters. The summed E-state index contributed by atoms with van der Waals surface area (Å²) in [4.78, 5) is 0.829. The molecule has 0 amide bonds. The van der Waals surface area contributed by atoms with Crippen LogP contribution in [0.5, 0.6) is 5.75 Å². The van der Waals surface area contributed by atoms with Crippen LogP contribution >= 0.6 is 11.8 Å². The lowest BCUT2D eigenvalue weighted by Crippen LogP contribution is -1.79. The molecule has 3 N–H and O–H groups in total. The summed E-state index contributed by atoms with van der Waals surface area (Å²) in [7, 11) is 0. The number of hydrogen-bond donors (Lipinski definition) is 2. The summed E-state index contributed by atoms with van der Waals surface area (Å²) < 4.78 is 4.76. The predicted molar refractivity (Wildman–Crippen MR) is 59.8 cm³/mol. The molecule has 0 aliphatic rings. The maximum Gasteiger partial charge on any atom is 0.222 e. The van der Waals surface area contributed by atoms with Gasteiger partial charge in [0, 0.05) is 16.5 Å². The van der Waals surface area contributed by atoms with E-state index in [0.717, 1.165) is 10.5 Å². The van der Waals surface area contributed by atoms with Gasteiger partial charge in [-0.25, -0.2) is 0 Å². The average Bonchev–Trinajstić information content (AvgIpc) is 2.65. The van der Waals surface area contributed by atoms with Gasteiger partial charge < -0.3 is 15.4 Å². The number of anilines is 1. The van der Waals surface area contributed by atoms with Crippen molar-refractivity contribution in [1.82, 2.24) is 5.16 Å². The summed E-state index contributed by atoms with van der Waals surface area (Å²) in [5, 5.41) is 13.4. The fraction of sp³-hybridized carbons (Fsp3) is 0.100. The summed E-state index contributed by atoms with van der Waals surface area (Å²) in [5.74, 6) is 0.500. The summed E-state index contributed by atoms with van der Waals surface area (Å²) in [6.07, 6.45) is 1.91. The zero-order valence-electron chi connectivity index (χ0n) is 8.10. The van der Waals surface area contributed by atoms with E-state index in [0.29, 0.717) is 5.69 Å². The van der Waals surface area contributed by atoms with Gasteiger partial charge in [-0.3, -0.25) is 0 Å². The molecule has 0 radical (unpaired) electrons. The number of phenols is 1. The molecule has 1 aromatic carbocycles. The third-order valence-corrected chi connectivity index (χ3v) is 2.79. The second kappa shape index (κ2) is 3.86. The molecule has 0 fully saturated rings. The highest BCUT2D eigenvalue weighted by molar-refractivity contribution is 7.98. The second-order valence-corrected chi connectivity index (χ2v) is 3.85. The van der Waals surface area contributed by atoms with Gasteiger partial charge in [0.25, 0.3) is 0 Å². The van der Waals surface area contributed by atoms with Crippen LogP contribution in [0.1, 0.15) is 0 Å². The van der Waals surface area contributed by atoms with Crippen molar-refractivity contribution in [2.75, 3.05) is 12.0 Å². The van der Waals surface area contributed by atoms with Gasteiger partial charge in [0.2, 0.25) is 5.88 Å². The molecule has 0 bridgehead atoms. The van der Waals surface area contributed by atoms with Crippen LogP contribution < -0.4 is 5.73 Å². The van der Waals surface area contributed by atoms with Gasteiger partial charge in [-0.05, 0) is 18.4 Å². The Morgan fingerprint density at radius 3 is 2.73 bits per heavy atom. The van der Waals surface area contributed by atoms with Crippen molar-refractivity contribution in [2.24, 2.45) is 0 Å². The molecule has 0 saturated heterocycles. The predicted octanol–water partition coefficient (Wildman–Crippen LogP) is 2.35. The first kappa shape index (κ1) is 9.92. The van der Waals surface area contributed by atoms with Crippen LogP contribution in [-0.4, -0.2) is 16.5 Å². The lowest BCUT2D eigenvalue weighted by molar-refractivity contribution is 0.439. The number of hydrogen-bond acceptors (Lipinski definition) is 5. The number of thioether (sulfide) groups is 1. The van der Waals surface area contributed by atoms with Crippen LogP contribution in [0.2, 0.25) is 0 Å². The summed E-state index contributed by atoms with van der Waals surface area (Å²) in [6, 6.07) is 6.96. The van der Waals surface area contributed by atoms with Crippen molar-refractivity contribution >= 4 is 17.6 Å². The highest BCUT2D eigenvalue weighted by Crippen LogP contribution is 2.31. The third-order valence-electron chi connectivity index (χ3n) is 2.00. The van der Waals surface area contributed by atoms with Crippen LogP contribution in [0.3, 0.4) is 0 Å². The molecule has 0 aliphatic carbocycles. The molecule has 0 saturated carbocycles. The molecule has 2 rings (SSSR count). The number of nitrogen functional groups attached to an aromatic ring is 1. The number of aromatic nitrogens is 1. The quantitative estimate of drug-likeness (QED) is 0.763. The molecule has 4 nitrogen and oxygen atoms in total. The van der Waals surface area contributed by atoms with Gasteiger partial charge in [-0.15, -0.1) is 11.8 Å². The lowest BCUT2D eigenvalue weighted by Gasteiger charge is -2.02. The van der Waals surface area contributed by atoms with Crippen molar-refractivity contribution in [3.8, 4) is 17.0 Å². The Labute approximate surface area is 91.1 Å². The first-order valence-corrected chi connectivity index (χ1v) is 5.53. The van der Waals surface area contributed by atoms with Crippen LogP contribution in [-0.2, 0) is 0 Å². The van der Waals surface area contributed by atoms with Gasteiger partial charge in [-0.1, -0.05) is 11.2 Å². The smallest absolute Gasteiger partial charge is 0.222 e. The fourth-order valence-electron chi connectivity index (χ4n) is 1.27. The van der Waals surface area contributed by atoms with E-state index < -0.39 is 0 Å². The lowest BCUT2D eigenvalue weighted by atomic mass is 10.1. The molecule has 0 aliphatic heterocycles. The second-order valence-electron chi connectivity index (χ2n) is 3.00. The van der Waals surface area contributed by atoms with E-state index in [2.05, 4.69) is 5.16 Å². The first-order chi connectivity index (χ1) is 7.20. The molecule has 0 spiro atoms. The van der Waals surface area contributed by atoms with E-state index in [9.17, 15) is 5.11 Å². The summed E-state index contributed by atoms with van der Waals surface area (Å²) in [5.41, 5.74) is 6.82. The maximum atomic E-state index is 9.65. The van der Waals surface area contributed by atoms with Crippen molar-refractivity contribution in [3.05, 3.63) is 24.3 Å². The minimum Gasteiger partial charge on any atom is -0.507 e. The third kappa shape index (κ3) is 1.92. The molecule has 15 heavy (non-hydrogen) atoms. The number of phenolic OH excluding ortho intramolecular Hbond substituents is 1.